The first-order chi connectivity index (χ1) is 7.65. The van der Waals surface area contributed by atoms with Gasteiger partial charge in [0, 0.05) is 0 Å². The van der Waals surface area contributed by atoms with E-state index in [9.17, 15) is 4.39 Å². The van der Waals surface area contributed by atoms with Crippen LogP contribution in [0.1, 0.15) is 31.4 Å². The van der Waals surface area contributed by atoms with Crippen LogP contribution in [0.5, 0.6) is 0 Å². The van der Waals surface area contributed by atoms with Gasteiger partial charge < -0.3 is 5.32 Å². The molecule has 0 aliphatic carbocycles. The van der Waals surface area contributed by atoms with Crippen LogP contribution in [0.2, 0.25) is 0 Å². The Morgan fingerprint density at radius 1 is 1.44 bits per heavy atom. The molecule has 0 aliphatic heterocycles. The maximum absolute atomic E-state index is 13.1. The molecule has 2 heteroatoms. The molecule has 1 aromatic rings. The Hall–Kier alpha value is -1.15. The minimum Gasteiger partial charge on any atom is -0.317 e. The van der Waals surface area contributed by atoms with Crippen LogP contribution in [-0.4, -0.2) is 13.1 Å². The number of hydrogen-bond acceptors (Lipinski definition) is 1. The van der Waals surface area contributed by atoms with Crippen molar-refractivity contribution in [3.05, 3.63) is 41.2 Å². The Balaban J connectivity index is 2.64. The summed E-state index contributed by atoms with van der Waals surface area (Å²) in [4.78, 5) is 0. The van der Waals surface area contributed by atoms with E-state index in [0.717, 1.165) is 25.1 Å². The fourth-order valence-electron chi connectivity index (χ4n) is 1.58. The third-order valence-electron chi connectivity index (χ3n) is 2.63. The molecule has 0 radical (unpaired) electrons. The van der Waals surface area contributed by atoms with Gasteiger partial charge in [-0.15, -0.1) is 0 Å². The fraction of sp³-hybridized carbons (Fsp3) is 0.429. The highest BCUT2D eigenvalue weighted by atomic mass is 19.1. The maximum Gasteiger partial charge on any atom is 0.126 e. The molecule has 0 atom stereocenters. The highest BCUT2D eigenvalue weighted by molar-refractivity contribution is 5.64. The second kappa shape index (κ2) is 6.44. The first-order valence-corrected chi connectivity index (χ1v) is 5.79. The van der Waals surface area contributed by atoms with Crippen molar-refractivity contribution in [1.29, 1.82) is 0 Å². The monoisotopic (exact) mass is 221 g/mol. The van der Waals surface area contributed by atoms with Gasteiger partial charge in [-0.2, -0.15) is 0 Å². The van der Waals surface area contributed by atoms with Gasteiger partial charge in [0.1, 0.15) is 5.82 Å². The number of hydrogen-bond donors (Lipinski definition) is 1. The number of aryl methyl sites for hydroxylation is 1. The summed E-state index contributed by atoms with van der Waals surface area (Å²) < 4.78 is 13.1. The molecule has 0 aliphatic rings. The maximum atomic E-state index is 13.1. The summed E-state index contributed by atoms with van der Waals surface area (Å²) in [6.07, 6.45) is 3.20. The fourth-order valence-corrected chi connectivity index (χ4v) is 1.58. The zero-order chi connectivity index (χ0) is 12.0. The molecule has 1 rings (SSSR count). The molecule has 1 nitrogen and oxygen atoms in total. The highest BCUT2D eigenvalue weighted by Gasteiger charge is 2.00. The Labute approximate surface area is 97.4 Å². The lowest BCUT2D eigenvalue weighted by atomic mass is 10.0. The third-order valence-corrected chi connectivity index (χ3v) is 2.63. The first-order valence-electron chi connectivity index (χ1n) is 5.79. The van der Waals surface area contributed by atoms with Gasteiger partial charge in [0.25, 0.3) is 0 Å². The quantitative estimate of drug-likeness (QED) is 0.750. The van der Waals surface area contributed by atoms with E-state index in [1.165, 1.54) is 11.6 Å². The largest absolute Gasteiger partial charge is 0.317 e. The molecule has 0 heterocycles. The van der Waals surface area contributed by atoms with Crippen molar-refractivity contribution in [2.45, 2.75) is 27.2 Å². The smallest absolute Gasteiger partial charge is 0.126 e. The van der Waals surface area contributed by atoms with E-state index in [-0.39, 0.29) is 5.82 Å². The van der Waals surface area contributed by atoms with Gasteiger partial charge in [-0.25, -0.2) is 4.39 Å². The lowest BCUT2D eigenvalue weighted by molar-refractivity contribution is 0.618. The molecule has 0 saturated carbocycles. The van der Waals surface area contributed by atoms with Crippen LogP contribution in [0.15, 0.2) is 24.3 Å². The average Bonchev–Trinajstić information content (AvgIpc) is 2.28. The molecular weight excluding hydrogens is 201 g/mol. The second-order valence-electron chi connectivity index (χ2n) is 3.99. The summed E-state index contributed by atoms with van der Waals surface area (Å²) in [5.41, 5.74) is 3.02. The van der Waals surface area contributed by atoms with Crippen LogP contribution in [0.25, 0.3) is 5.57 Å². The van der Waals surface area contributed by atoms with Gasteiger partial charge in [0.2, 0.25) is 0 Å². The molecule has 0 unspecified atom stereocenters. The van der Waals surface area contributed by atoms with Crippen LogP contribution in [-0.2, 0) is 0 Å². The van der Waals surface area contributed by atoms with Gasteiger partial charge in [0.15, 0.2) is 0 Å². The lowest BCUT2D eigenvalue weighted by Crippen LogP contribution is -2.13. The van der Waals surface area contributed by atoms with E-state index in [2.05, 4.69) is 25.2 Å². The van der Waals surface area contributed by atoms with Crippen LogP contribution < -0.4 is 5.32 Å². The van der Waals surface area contributed by atoms with Gasteiger partial charge in [-0.05, 0) is 62.2 Å². The average molecular weight is 221 g/mol. The molecule has 0 saturated heterocycles. The van der Waals surface area contributed by atoms with Crippen LogP contribution in [0.3, 0.4) is 0 Å². The van der Waals surface area contributed by atoms with Gasteiger partial charge in [-0.1, -0.05) is 19.1 Å². The van der Waals surface area contributed by atoms with Crippen LogP contribution >= 0.6 is 0 Å². The van der Waals surface area contributed by atoms with Crippen molar-refractivity contribution in [2.75, 3.05) is 13.1 Å². The minimum atomic E-state index is -0.135. The zero-order valence-corrected chi connectivity index (χ0v) is 10.3. The predicted molar refractivity (Wildman–Crippen MR) is 67.9 cm³/mol. The van der Waals surface area contributed by atoms with Crippen molar-refractivity contribution >= 4 is 5.57 Å². The van der Waals surface area contributed by atoms with Crippen LogP contribution in [0.4, 0.5) is 4.39 Å². The van der Waals surface area contributed by atoms with E-state index in [1.54, 1.807) is 6.92 Å². The van der Waals surface area contributed by atoms with Gasteiger partial charge in [0.05, 0.1) is 0 Å². The number of benzene rings is 1. The standard InChI is InChI=1S/C14H20FN/c1-4-16-9-5-6-11(2)13-7-8-14(15)12(3)10-13/h6-8,10,16H,4-5,9H2,1-3H3. The zero-order valence-electron chi connectivity index (χ0n) is 10.3. The molecule has 16 heavy (non-hydrogen) atoms. The SMILES string of the molecule is CCNCCC=C(C)c1ccc(F)c(C)c1. The molecule has 0 amide bonds. The molecule has 0 fully saturated rings. The summed E-state index contributed by atoms with van der Waals surface area (Å²) in [6.45, 7) is 7.96. The Morgan fingerprint density at radius 3 is 2.81 bits per heavy atom. The highest BCUT2D eigenvalue weighted by Crippen LogP contribution is 2.17. The van der Waals surface area contributed by atoms with Crippen molar-refractivity contribution in [1.82, 2.24) is 5.32 Å². The minimum absolute atomic E-state index is 0.135. The normalized spacial score (nSPS) is 11.9. The molecule has 0 aromatic heterocycles. The molecule has 0 bridgehead atoms. The van der Waals surface area contributed by atoms with Crippen molar-refractivity contribution in [2.24, 2.45) is 0 Å². The van der Waals surface area contributed by atoms with Crippen molar-refractivity contribution < 1.29 is 4.39 Å². The van der Waals surface area contributed by atoms with Crippen molar-refractivity contribution in [3.63, 3.8) is 0 Å². The Kier molecular flexibility index (Phi) is 5.20. The van der Waals surface area contributed by atoms with E-state index < -0.39 is 0 Å². The van der Waals surface area contributed by atoms with Gasteiger partial charge in [-0.3, -0.25) is 0 Å². The number of halogens is 1. The summed E-state index contributed by atoms with van der Waals surface area (Å²) in [7, 11) is 0. The summed E-state index contributed by atoms with van der Waals surface area (Å²) in [6, 6.07) is 5.27. The summed E-state index contributed by atoms with van der Waals surface area (Å²) in [5, 5.41) is 3.27. The Bertz CT molecular complexity index is 369. The summed E-state index contributed by atoms with van der Waals surface area (Å²) in [5.74, 6) is -0.135. The topological polar surface area (TPSA) is 12.0 Å². The van der Waals surface area contributed by atoms with Gasteiger partial charge >= 0.3 is 0 Å². The summed E-state index contributed by atoms with van der Waals surface area (Å²) >= 11 is 0. The van der Waals surface area contributed by atoms with E-state index in [1.807, 2.05) is 12.1 Å². The Morgan fingerprint density at radius 2 is 2.19 bits per heavy atom. The molecule has 0 spiro atoms. The molecule has 88 valence electrons. The molecule has 1 N–H and O–H groups in total. The van der Waals surface area contributed by atoms with E-state index >= 15 is 0 Å². The number of allylic oxidation sites excluding steroid dienone is 1. The number of rotatable bonds is 5. The number of nitrogens with one attached hydrogen (secondary N) is 1. The van der Waals surface area contributed by atoms with Crippen LogP contribution in [0, 0.1) is 12.7 Å². The predicted octanol–water partition coefficient (Wildman–Crippen LogP) is 3.54. The second-order valence-corrected chi connectivity index (χ2v) is 3.99. The first kappa shape index (κ1) is 12.9. The van der Waals surface area contributed by atoms with E-state index in [0.29, 0.717) is 5.56 Å². The van der Waals surface area contributed by atoms with E-state index in [4.69, 9.17) is 0 Å². The molecular formula is C14H20FN. The molecule has 1 aromatic carbocycles. The van der Waals surface area contributed by atoms with Crippen molar-refractivity contribution in [3.8, 4) is 0 Å². The lowest BCUT2D eigenvalue weighted by Gasteiger charge is -2.04. The third kappa shape index (κ3) is 3.78.